The van der Waals surface area contributed by atoms with Crippen LogP contribution < -0.4 is 10.1 Å². The van der Waals surface area contributed by atoms with Gasteiger partial charge in [-0.25, -0.2) is 0 Å². The first-order valence-corrected chi connectivity index (χ1v) is 8.58. The summed E-state index contributed by atoms with van der Waals surface area (Å²) in [5.41, 5.74) is 0.679. The Labute approximate surface area is 147 Å². The van der Waals surface area contributed by atoms with Crippen LogP contribution in [0.1, 0.15) is 16.6 Å². The summed E-state index contributed by atoms with van der Waals surface area (Å²) in [6.07, 6.45) is 0. The monoisotopic (exact) mass is 365 g/mol. The molecule has 3 rings (SSSR count). The average molecular weight is 366 g/mol. The van der Waals surface area contributed by atoms with Crippen LogP contribution in [0.3, 0.4) is 0 Å². The number of carbonyl (C=O) groups excluding carboxylic acids is 1. The molecule has 1 amide bonds. The fourth-order valence-electron chi connectivity index (χ4n) is 2.21. The molecule has 0 saturated carbocycles. The van der Waals surface area contributed by atoms with Gasteiger partial charge >= 0.3 is 0 Å². The van der Waals surface area contributed by atoms with E-state index in [4.69, 9.17) is 27.9 Å². The van der Waals surface area contributed by atoms with Crippen LogP contribution in [0.25, 0.3) is 10.1 Å². The van der Waals surface area contributed by atoms with Crippen molar-refractivity contribution in [1.29, 1.82) is 0 Å². The Morgan fingerprint density at radius 1 is 1.17 bits per heavy atom. The number of carbonyl (C=O) groups is 1. The fraction of sp³-hybridized carbons (Fsp3) is 0.118. The summed E-state index contributed by atoms with van der Waals surface area (Å²) in [6.45, 7) is 2.52. The summed E-state index contributed by atoms with van der Waals surface area (Å²) in [5.74, 6) is 0.508. The molecule has 1 N–H and O–H groups in total. The van der Waals surface area contributed by atoms with Gasteiger partial charge in [-0.05, 0) is 43.3 Å². The summed E-state index contributed by atoms with van der Waals surface area (Å²) in [5, 5.41) is 4.49. The second-order valence-corrected chi connectivity index (χ2v) is 6.61. The smallest absolute Gasteiger partial charge is 0.267 e. The van der Waals surface area contributed by atoms with Gasteiger partial charge in [-0.3, -0.25) is 4.79 Å². The van der Waals surface area contributed by atoms with E-state index in [1.807, 2.05) is 31.2 Å². The lowest BCUT2D eigenvalue weighted by Gasteiger charge is -2.06. The lowest BCUT2D eigenvalue weighted by atomic mass is 10.2. The molecule has 2 aromatic carbocycles. The minimum Gasteiger partial charge on any atom is -0.494 e. The number of thiophene rings is 1. The normalized spacial score (nSPS) is 10.7. The minimum absolute atomic E-state index is 0.253. The number of rotatable bonds is 4. The van der Waals surface area contributed by atoms with Crippen LogP contribution in [0.5, 0.6) is 5.75 Å². The largest absolute Gasteiger partial charge is 0.494 e. The Bertz CT molecular complexity index is 859. The van der Waals surface area contributed by atoms with Crippen molar-refractivity contribution in [3.63, 3.8) is 0 Å². The predicted octanol–water partition coefficient (Wildman–Crippen LogP) is 5.86. The highest BCUT2D eigenvalue weighted by atomic mass is 35.5. The first kappa shape index (κ1) is 16.1. The molecular weight excluding hydrogens is 353 g/mol. The van der Waals surface area contributed by atoms with Crippen molar-refractivity contribution < 1.29 is 9.53 Å². The summed E-state index contributed by atoms with van der Waals surface area (Å²) in [7, 11) is 0. The van der Waals surface area contributed by atoms with Gasteiger partial charge in [-0.1, -0.05) is 29.3 Å². The highest BCUT2D eigenvalue weighted by molar-refractivity contribution is 7.21. The van der Waals surface area contributed by atoms with Gasteiger partial charge in [0.05, 0.1) is 16.7 Å². The second kappa shape index (κ2) is 6.79. The minimum atomic E-state index is -0.253. The predicted molar refractivity (Wildman–Crippen MR) is 97.4 cm³/mol. The number of hydrogen-bond donors (Lipinski definition) is 1. The van der Waals surface area contributed by atoms with E-state index in [0.717, 1.165) is 15.8 Å². The van der Waals surface area contributed by atoms with Gasteiger partial charge < -0.3 is 10.1 Å². The summed E-state index contributed by atoms with van der Waals surface area (Å²) in [4.78, 5) is 12.9. The highest BCUT2D eigenvalue weighted by Crippen LogP contribution is 2.39. The van der Waals surface area contributed by atoms with Gasteiger partial charge in [0, 0.05) is 15.8 Å². The molecule has 0 bridgehead atoms. The second-order valence-electron chi connectivity index (χ2n) is 4.77. The first-order chi connectivity index (χ1) is 11.1. The molecule has 118 valence electrons. The molecule has 0 radical (unpaired) electrons. The molecule has 1 aromatic heterocycles. The third-order valence-electron chi connectivity index (χ3n) is 3.24. The third-order valence-corrected chi connectivity index (χ3v) is 5.19. The van der Waals surface area contributed by atoms with Crippen LogP contribution in [0.15, 0.2) is 42.5 Å². The maximum Gasteiger partial charge on any atom is 0.267 e. The first-order valence-electron chi connectivity index (χ1n) is 7.01. The molecule has 3 aromatic rings. The maximum atomic E-state index is 12.5. The van der Waals surface area contributed by atoms with Crippen molar-refractivity contribution >= 4 is 56.2 Å². The van der Waals surface area contributed by atoms with Gasteiger partial charge in [-0.15, -0.1) is 11.3 Å². The van der Waals surface area contributed by atoms with E-state index in [0.29, 0.717) is 27.2 Å². The molecule has 0 fully saturated rings. The molecule has 0 unspecified atom stereocenters. The van der Waals surface area contributed by atoms with E-state index < -0.39 is 0 Å². The molecule has 6 heteroatoms. The van der Waals surface area contributed by atoms with Crippen LogP contribution in [-0.2, 0) is 0 Å². The zero-order chi connectivity index (χ0) is 16.4. The van der Waals surface area contributed by atoms with Crippen molar-refractivity contribution in [2.24, 2.45) is 0 Å². The van der Waals surface area contributed by atoms with Crippen molar-refractivity contribution in [3.05, 3.63) is 57.4 Å². The zero-order valence-electron chi connectivity index (χ0n) is 12.2. The van der Waals surface area contributed by atoms with Crippen molar-refractivity contribution in [2.75, 3.05) is 11.9 Å². The van der Waals surface area contributed by atoms with Gasteiger partial charge in [-0.2, -0.15) is 0 Å². The molecule has 1 heterocycles. The number of ether oxygens (including phenoxy) is 1. The topological polar surface area (TPSA) is 38.3 Å². The number of benzene rings is 2. The van der Waals surface area contributed by atoms with Gasteiger partial charge in [0.1, 0.15) is 10.6 Å². The summed E-state index contributed by atoms with van der Waals surface area (Å²) < 4.78 is 6.26. The van der Waals surface area contributed by atoms with E-state index in [1.165, 1.54) is 11.3 Å². The Kier molecular flexibility index (Phi) is 4.76. The Hall–Kier alpha value is -1.75. The summed E-state index contributed by atoms with van der Waals surface area (Å²) >= 11 is 13.8. The number of halogens is 2. The quantitative estimate of drug-likeness (QED) is 0.628. The van der Waals surface area contributed by atoms with E-state index in [-0.39, 0.29) is 5.91 Å². The van der Waals surface area contributed by atoms with E-state index in [9.17, 15) is 4.79 Å². The molecule has 0 atom stereocenters. The standard InChI is InChI=1S/C17H13Cl2NO2S/c1-2-22-11-8-6-10(7-9-11)20-17(21)16-15(19)14-12(18)4-3-5-13(14)23-16/h3-9H,2H2,1H3,(H,20,21). The number of anilines is 1. The lowest BCUT2D eigenvalue weighted by molar-refractivity contribution is 0.103. The fourth-order valence-corrected chi connectivity index (χ4v) is 4.06. The van der Waals surface area contributed by atoms with Gasteiger partial charge in [0.15, 0.2) is 0 Å². The third kappa shape index (κ3) is 3.29. The zero-order valence-corrected chi connectivity index (χ0v) is 14.6. The Balaban J connectivity index is 1.86. The van der Waals surface area contributed by atoms with E-state index in [2.05, 4.69) is 5.32 Å². The number of amides is 1. The van der Waals surface area contributed by atoms with E-state index in [1.54, 1.807) is 18.2 Å². The molecule has 3 nitrogen and oxygen atoms in total. The SMILES string of the molecule is CCOc1ccc(NC(=O)c2sc3cccc(Cl)c3c2Cl)cc1. The molecular formula is C17H13Cl2NO2S. The van der Waals surface area contributed by atoms with E-state index >= 15 is 0 Å². The number of fused-ring (bicyclic) bond motifs is 1. The van der Waals surface area contributed by atoms with Crippen LogP contribution in [0.2, 0.25) is 10.0 Å². The van der Waals surface area contributed by atoms with Gasteiger partial charge in [0.25, 0.3) is 5.91 Å². The van der Waals surface area contributed by atoms with Crippen molar-refractivity contribution in [2.45, 2.75) is 6.92 Å². The average Bonchev–Trinajstić information content (AvgIpc) is 2.88. The van der Waals surface area contributed by atoms with Crippen LogP contribution >= 0.6 is 34.5 Å². The van der Waals surface area contributed by atoms with Crippen LogP contribution in [0.4, 0.5) is 5.69 Å². The van der Waals surface area contributed by atoms with Crippen LogP contribution in [-0.4, -0.2) is 12.5 Å². The lowest BCUT2D eigenvalue weighted by Crippen LogP contribution is -2.10. The van der Waals surface area contributed by atoms with Crippen LogP contribution in [0, 0.1) is 0 Å². The number of hydrogen-bond acceptors (Lipinski definition) is 3. The van der Waals surface area contributed by atoms with Gasteiger partial charge in [0.2, 0.25) is 0 Å². The molecule has 23 heavy (non-hydrogen) atoms. The maximum absolute atomic E-state index is 12.5. The molecule has 0 aliphatic heterocycles. The molecule has 0 spiro atoms. The Morgan fingerprint density at radius 2 is 1.91 bits per heavy atom. The van der Waals surface area contributed by atoms with Crippen molar-refractivity contribution in [1.82, 2.24) is 0 Å². The summed E-state index contributed by atoms with van der Waals surface area (Å²) in [6, 6.07) is 12.7. The highest BCUT2D eigenvalue weighted by Gasteiger charge is 2.18. The Morgan fingerprint density at radius 3 is 2.57 bits per heavy atom. The molecule has 0 saturated heterocycles. The van der Waals surface area contributed by atoms with Crippen molar-refractivity contribution in [3.8, 4) is 5.75 Å². The molecule has 0 aliphatic carbocycles. The number of nitrogens with one attached hydrogen (secondary N) is 1. The molecule has 0 aliphatic rings.